The summed E-state index contributed by atoms with van der Waals surface area (Å²) >= 11 is 0. The molecule has 4 heteroatoms. The van der Waals surface area contributed by atoms with Crippen LogP contribution in [-0.4, -0.2) is 28.5 Å². The third-order valence-electron chi connectivity index (χ3n) is 3.89. The Morgan fingerprint density at radius 1 is 1.32 bits per heavy atom. The number of hydrogen-bond acceptors (Lipinski definition) is 3. The first-order valence-electron chi connectivity index (χ1n) is 6.82. The first kappa shape index (κ1) is 12.4. The number of aromatic nitrogens is 3. The minimum absolute atomic E-state index is 0.481. The largest absolute Gasteiger partial charge is 0.383 e. The fraction of sp³-hybridized carbons (Fsp3) is 0.467. The molecule has 1 atom stereocenters. The van der Waals surface area contributed by atoms with E-state index in [9.17, 15) is 0 Å². The summed E-state index contributed by atoms with van der Waals surface area (Å²) in [4.78, 5) is 0. The zero-order valence-corrected chi connectivity index (χ0v) is 11.2. The Morgan fingerprint density at radius 2 is 2.16 bits per heavy atom. The number of hydrogen-bond donors (Lipinski definition) is 0. The molecule has 1 unspecified atom stereocenters. The molecule has 0 radical (unpaired) electrons. The van der Waals surface area contributed by atoms with Gasteiger partial charge in [0.05, 0.1) is 6.61 Å². The molecule has 3 rings (SSSR count). The maximum absolute atomic E-state index is 5.14. The van der Waals surface area contributed by atoms with Crippen LogP contribution in [0.5, 0.6) is 0 Å². The van der Waals surface area contributed by atoms with Crippen molar-refractivity contribution in [2.75, 3.05) is 13.7 Å². The summed E-state index contributed by atoms with van der Waals surface area (Å²) in [5.41, 5.74) is 2.95. The number of benzene rings is 1. The molecule has 4 nitrogen and oxygen atoms in total. The standard InChI is InChI=1S/C15H19N3O/c1-19-9-8-18-11-16-17-15(18)14-7-6-12-4-2-3-5-13(12)10-14/h2-5,11,14H,6-10H2,1H3. The zero-order chi connectivity index (χ0) is 13.1. The first-order valence-corrected chi connectivity index (χ1v) is 6.82. The lowest BCUT2D eigenvalue weighted by atomic mass is 9.83. The fourth-order valence-electron chi connectivity index (χ4n) is 2.86. The quantitative estimate of drug-likeness (QED) is 0.843. The van der Waals surface area contributed by atoms with Gasteiger partial charge in [-0.15, -0.1) is 10.2 Å². The van der Waals surface area contributed by atoms with E-state index < -0.39 is 0 Å². The average molecular weight is 257 g/mol. The van der Waals surface area contributed by atoms with Crippen LogP contribution in [0.15, 0.2) is 30.6 Å². The van der Waals surface area contributed by atoms with Gasteiger partial charge < -0.3 is 9.30 Å². The van der Waals surface area contributed by atoms with E-state index in [4.69, 9.17) is 4.74 Å². The lowest BCUT2D eigenvalue weighted by Crippen LogP contribution is -2.18. The van der Waals surface area contributed by atoms with Crippen LogP contribution in [0.4, 0.5) is 0 Å². The first-order chi connectivity index (χ1) is 9.38. The molecule has 0 saturated carbocycles. The summed E-state index contributed by atoms with van der Waals surface area (Å²) < 4.78 is 7.26. The van der Waals surface area contributed by atoms with Crippen LogP contribution in [0, 0.1) is 0 Å². The Kier molecular flexibility index (Phi) is 3.60. The van der Waals surface area contributed by atoms with Gasteiger partial charge in [0.15, 0.2) is 0 Å². The number of aryl methyl sites for hydroxylation is 1. The van der Waals surface area contributed by atoms with Gasteiger partial charge in [-0.3, -0.25) is 0 Å². The monoisotopic (exact) mass is 257 g/mol. The molecule has 0 spiro atoms. The lowest BCUT2D eigenvalue weighted by Gasteiger charge is -2.24. The van der Waals surface area contributed by atoms with Crippen LogP contribution < -0.4 is 0 Å². The predicted molar refractivity (Wildman–Crippen MR) is 73.1 cm³/mol. The Balaban J connectivity index is 1.79. The molecule has 0 saturated heterocycles. The molecule has 2 aromatic rings. The Bertz CT molecular complexity index is 550. The third-order valence-corrected chi connectivity index (χ3v) is 3.89. The molecular weight excluding hydrogens is 238 g/mol. The van der Waals surface area contributed by atoms with Gasteiger partial charge in [0.25, 0.3) is 0 Å². The summed E-state index contributed by atoms with van der Waals surface area (Å²) in [6.07, 6.45) is 5.18. The normalized spacial score (nSPS) is 18.3. The molecule has 1 aromatic carbocycles. The molecular formula is C15H19N3O. The van der Waals surface area contributed by atoms with Crippen molar-refractivity contribution < 1.29 is 4.74 Å². The molecule has 0 bridgehead atoms. The average Bonchev–Trinajstić information content (AvgIpc) is 2.93. The van der Waals surface area contributed by atoms with E-state index in [-0.39, 0.29) is 0 Å². The molecule has 1 heterocycles. The van der Waals surface area contributed by atoms with Crippen molar-refractivity contribution in [2.24, 2.45) is 0 Å². The van der Waals surface area contributed by atoms with Gasteiger partial charge in [-0.1, -0.05) is 24.3 Å². The van der Waals surface area contributed by atoms with Crippen molar-refractivity contribution in [1.82, 2.24) is 14.8 Å². The maximum atomic E-state index is 5.14. The molecule has 1 aliphatic rings. The van der Waals surface area contributed by atoms with Crippen LogP contribution in [-0.2, 0) is 24.1 Å². The Morgan fingerprint density at radius 3 is 3.00 bits per heavy atom. The topological polar surface area (TPSA) is 39.9 Å². The SMILES string of the molecule is COCCn1cnnc1C1CCc2ccccc2C1. The van der Waals surface area contributed by atoms with Crippen molar-refractivity contribution in [3.8, 4) is 0 Å². The predicted octanol–water partition coefficient (Wildman–Crippen LogP) is 2.20. The number of ether oxygens (including phenoxy) is 1. The van der Waals surface area contributed by atoms with Gasteiger partial charge in [0.2, 0.25) is 0 Å². The van der Waals surface area contributed by atoms with E-state index in [1.165, 1.54) is 11.1 Å². The Labute approximate surface area is 113 Å². The summed E-state index contributed by atoms with van der Waals surface area (Å²) in [5, 5.41) is 8.39. The maximum Gasteiger partial charge on any atom is 0.136 e. The van der Waals surface area contributed by atoms with E-state index >= 15 is 0 Å². The zero-order valence-electron chi connectivity index (χ0n) is 11.2. The second kappa shape index (κ2) is 5.53. The third kappa shape index (κ3) is 2.54. The summed E-state index contributed by atoms with van der Waals surface area (Å²) in [5.74, 6) is 1.58. The summed E-state index contributed by atoms with van der Waals surface area (Å²) in [6, 6.07) is 8.72. The molecule has 1 aliphatic carbocycles. The number of fused-ring (bicyclic) bond motifs is 1. The highest BCUT2D eigenvalue weighted by atomic mass is 16.5. The highest BCUT2D eigenvalue weighted by Gasteiger charge is 2.23. The van der Waals surface area contributed by atoms with Gasteiger partial charge in [-0.2, -0.15) is 0 Å². The molecule has 0 fully saturated rings. The molecule has 0 N–H and O–H groups in total. The van der Waals surface area contributed by atoms with E-state index in [0.717, 1.165) is 31.6 Å². The van der Waals surface area contributed by atoms with Crippen LogP contribution in [0.25, 0.3) is 0 Å². The van der Waals surface area contributed by atoms with Gasteiger partial charge >= 0.3 is 0 Å². The smallest absolute Gasteiger partial charge is 0.136 e. The number of methoxy groups -OCH3 is 1. The molecule has 0 amide bonds. The van der Waals surface area contributed by atoms with Crippen molar-refractivity contribution >= 4 is 0 Å². The summed E-state index contributed by atoms with van der Waals surface area (Å²) in [6.45, 7) is 1.53. The van der Waals surface area contributed by atoms with Gasteiger partial charge in [-0.25, -0.2) is 0 Å². The molecule has 1 aromatic heterocycles. The van der Waals surface area contributed by atoms with E-state index in [2.05, 4.69) is 39.0 Å². The second-order valence-electron chi connectivity index (χ2n) is 5.08. The Hall–Kier alpha value is -1.68. The molecule has 19 heavy (non-hydrogen) atoms. The second-order valence-corrected chi connectivity index (χ2v) is 5.08. The van der Waals surface area contributed by atoms with Crippen molar-refractivity contribution in [3.05, 3.63) is 47.5 Å². The fourth-order valence-corrected chi connectivity index (χ4v) is 2.86. The van der Waals surface area contributed by atoms with E-state index in [0.29, 0.717) is 12.5 Å². The van der Waals surface area contributed by atoms with Crippen molar-refractivity contribution in [3.63, 3.8) is 0 Å². The van der Waals surface area contributed by atoms with E-state index in [1.54, 1.807) is 7.11 Å². The highest BCUT2D eigenvalue weighted by Crippen LogP contribution is 2.31. The highest BCUT2D eigenvalue weighted by molar-refractivity contribution is 5.31. The number of nitrogens with zero attached hydrogens (tertiary/aromatic N) is 3. The van der Waals surface area contributed by atoms with Gasteiger partial charge in [0.1, 0.15) is 12.2 Å². The summed E-state index contributed by atoms with van der Waals surface area (Å²) in [7, 11) is 1.72. The van der Waals surface area contributed by atoms with Crippen molar-refractivity contribution in [2.45, 2.75) is 31.7 Å². The minimum atomic E-state index is 0.481. The minimum Gasteiger partial charge on any atom is -0.383 e. The van der Waals surface area contributed by atoms with Crippen LogP contribution in [0.3, 0.4) is 0 Å². The van der Waals surface area contributed by atoms with Gasteiger partial charge in [-0.05, 0) is 30.4 Å². The van der Waals surface area contributed by atoms with Gasteiger partial charge in [0, 0.05) is 19.6 Å². The molecule has 100 valence electrons. The van der Waals surface area contributed by atoms with Crippen LogP contribution in [0.2, 0.25) is 0 Å². The lowest BCUT2D eigenvalue weighted by molar-refractivity contribution is 0.185. The number of rotatable bonds is 4. The van der Waals surface area contributed by atoms with E-state index in [1.807, 2.05) is 6.33 Å². The molecule has 0 aliphatic heterocycles. The van der Waals surface area contributed by atoms with Crippen LogP contribution in [0.1, 0.15) is 29.3 Å². The van der Waals surface area contributed by atoms with Crippen molar-refractivity contribution in [1.29, 1.82) is 0 Å². The van der Waals surface area contributed by atoms with Crippen LogP contribution >= 0.6 is 0 Å².